The third kappa shape index (κ3) is 7.80. The van der Waals surface area contributed by atoms with Crippen molar-refractivity contribution < 1.29 is 13.2 Å². The summed E-state index contributed by atoms with van der Waals surface area (Å²) in [7, 11) is -3.96. The van der Waals surface area contributed by atoms with Gasteiger partial charge in [0.2, 0.25) is 0 Å². The zero-order valence-electron chi connectivity index (χ0n) is 26.6. The van der Waals surface area contributed by atoms with Gasteiger partial charge >= 0.3 is 10.2 Å². The van der Waals surface area contributed by atoms with Crippen molar-refractivity contribution in [2.45, 2.75) is 50.0 Å². The number of halogens is 2. The number of hydrogen-bond acceptors (Lipinski definition) is 7. The van der Waals surface area contributed by atoms with Crippen molar-refractivity contribution in [3.05, 3.63) is 106 Å². The maximum Gasteiger partial charge on any atom is 0.326 e. The van der Waals surface area contributed by atoms with E-state index in [-0.39, 0.29) is 6.54 Å². The fraction of sp³-hybridized carbons (Fsp3) is 0.278. The molecule has 0 atom stereocenters. The number of imidazole rings is 1. The predicted molar refractivity (Wildman–Crippen MR) is 196 cm³/mol. The highest BCUT2D eigenvalue weighted by Gasteiger charge is 2.34. The molecule has 13 heteroatoms. The average Bonchev–Trinajstić information content (AvgIpc) is 3.64. The number of carbonyl (C=O) groups is 1. The molecule has 1 amide bonds. The Bertz CT molecular complexity index is 2080. The van der Waals surface area contributed by atoms with E-state index in [1.165, 1.54) is 38.5 Å². The second-order valence-corrected chi connectivity index (χ2v) is 15.9. The molecule has 0 radical (unpaired) electrons. The van der Waals surface area contributed by atoms with Crippen LogP contribution in [0.3, 0.4) is 0 Å². The quantitative estimate of drug-likeness (QED) is 0.144. The zero-order valence-corrected chi connectivity index (χ0v) is 29.7. The van der Waals surface area contributed by atoms with E-state index in [9.17, 15) is 13.2 Å². The van der Waals surface area contributed by atoms with Crippen molar-refractivity contribution in [3.63, 3.8) is 0 Å². The van der Waals surface area contributed by atoms with E-state index in [0.29, 0.717) is 44.9 Å². The van der Waals surface area contributed by atoms with Crippen LogP contribution in [-0.4, -0.2) is 46.4 Å². The van der Waals surface area contributed by atoms with E-state index >= 15 is 0 Å². The fourth-order valence-electron chi connectivity index (χ4n) is 6.40. The Balaban J connectivity index is 1.12. The SMILES string of the molecule is O=C1CN(c2cccc(-n3cc(-c4ccc(Cl)cc4Cl)nc3Cc3ccc(-c4ccc(SCCC5CCCCC5)nn4)cc3)c2)S(=O)(=O)N1. The van der Waals surface area contributed by atoms with Crippen molar-refractivity contribution in [2.24, 2.45) is 5.92 Å². The van der Waals surface area contributed by atoms with Crippen molar-refractivity contribution in [2.75, 3.05) is 16.6 Å². The van der Waals surface area contributed by atoms with Crippen molar-refractivity contribution in [1.29, 1.82) is 0 Å². The van der Waals surface area contributed by atoms with Crippen LogP contribution in [0, 0.1) is 5.92 Å². The lowest BCUT2D eigenvalue weighted by Gasteiger charge is -2.20. The summed E-state index contributed by atoms with van der Waals surface area (Å²) < 4.78 is 30.1. The van der Waals surface area contributed by atoms with Crippen molar-refractivity contribution >= 4 is 56.8 Å². The molecule has 0 unspecified atom stereocenters. The van der Waals surface area contributed by atoms with Gasteiger partial charge in [0.15, 0.2) is 0 Å². The van der Waals surface area contributed by atoms with Crippen LogP contribution in [0.2, 0.25) is 10.0 Å². The van der Waals surface area contributed by atoms with Crippen LogP contribution in [0.25, 0.3) is 28.2 Å². The molecule has 252 valence electrons. The maximum atomic E-state index is 12.6. The molecule has 49 heavy (non-hydrogen) atoms. The summed E-state index contributed by atoms with van der Waals surface area (Å²) in [4.78, 5) is 16.9. The van der Waals surface area contributed by atoms with Gasteiger partial charge in [0, 0.05) is 34.5 Å². The van der Waals surface area contributed by atoms with Gasteiger partial charge in [0.25, 0.3) is 5.91 Å². The molecule has 2 fully saturated rings. The van der Waals surface area contributed by atoms with E-state index in [0.717, 1.165) is 37.8 Å². The molecule has 1 N–H and O–H groups in total. The molecule has 2 aliphatic rings. The number of rotatable bonds is 10. The molecule has 1 saturated heterocycles. The van der Waals surface area contributed by atoms with Gasteiger partial charge in [-0.05, 0) is 72.2 Å². The molecule has 1 aliphatic heterocycles. The minimum absolute atomic E-state index is 0.285. The number of carbonyl (C=O) groups excluding carboxylic acids is 1. The van der Waals surface area contributed by atoms with E-state index in [1.807, 2.05) is 58.0 Å². The molecule has 1 saturated carbocycles. The Morgan fingerprint density at radius 1 is 0.878 bits per heavy atom. The van der Waals surface area contributed by atoms with E-state index in [1.54, 1.807) is 42.1 Å². The number of thioether (sulfide) groups is 1. The summed E-state index contributed by atoms with van der Waals surface area (Å²) in [5, 5.41) is 10.9. The van der Waals surface area contributed by atoms with Crippen LogP contribution in [0.1, 0.15) is 49.9 Å². The van der Waals surface area contributed by atoms with Crippen LogP contribution in [0.5, 0.6) is 0 Å². The molecule has 9 nitrogen and oxygen atoms in total. The number of nitrogens with zero attached hydrogens (tertiary/aromatic N) is 5. The molecular formula is C36H34Cl2N6O3S2. The topological polar surface area (TPSA) is 110 Å². The standard InChI is InChI=1S/C36H34Cl2N6O3S2/c37-27-13-14-30(31(38)20-27)33-22-43(28-7-4-8-29(21-28)44-23-35(45)42-49(44,46)47)34(39-33)19-25-9-11-26(12-10-25)32-15-16-36(41-40-32)48-18-17-24-5-2-1-3-6-24/h4,7-16,20-22,24H,1-3,5-6,17-19,23H2,(H,42,45). The van der Waals surface area contributed by atoms with Crippen molar-refractivity contribution in [3.8, 4) is 28.2 Å². The zero-order chi connectivity index (χ0) is 34.0. The minimum Gasteiger partial charge on any atom is -0.303 e. The predicted octanol–water partition coefficient (Wildman–Crippen LogP) is 8.14. The molecule has 1 aliphatic carbocycles. The van der Waals surface area contributed by atoms with Crippen LogP contribution in [0.4, 0.5) is 5.69 Å². The molecule has 0 bridgehead atoms. The van der Waals surface area contributed by atoms with Crippen molar-refractivity contribution in [1.82, 2.24) is 24.5 Å². The van der Waals surface area contributed by atoms with Gasteiger partial charge < -0.3 is 4.57 Å². The first-order valence-electron chi connectivity index (χ1n) is 16.3. The molecule has 7 rings (SSSR count). The second kappa shape index (κ2) is 14.5. The molecular weight excluding hydrogens is 699 g/mol. The third-order valence-electron chi connectivity index (χ3n) is 8.95. The Labute approximate surface area is 300 Å². The summed E-state index contributed by atoms with van der Waals surface area (Å²) >= 11 is 14.5. The molecule has 0 spiro atoms. The van der Waals surface area contributed by atoms with Gasteiger partial charge in [0.05, 0.1) is 22.1 Å². The smallest absolute Gasteiger partial charge is 0.303 e. The third-order valence-corrected chi connectivity index (χ3v) is 11.9. The normalized spacial score (nSPS) is 16.2. The number of benzene rings is 3. The van der Waals surface area contributed by atoms with Gasteiger partial charge in [-0.3, -0.25) is 4.79 Å². The van der Waals surface area contributed by atoms with E-state index in [4.69, 9.17) is 28.2 Å². The second-order valence-electron chi connectivity index (χ2n) is 12.4. The number of anilines is 1. The summed E-state index contributed by atoms with van der Waals surface area (Å²) in [6, 6.07) is 24.5. The lowest BCUT2D eigenvalue weighted by molar-refractivity contribution is -0.117. The van der Waals surface area contributed by atoms with Gasteiger partial charge in [-0.15, -0.1) is 22.0 Å². The highest BCUT2D eigenvalue weighted by atomic mass is 35.5. The van der Waals surface area contributed by atoms with Crippen LogP contribution >= 0.6 is 35.0 Å². The molecule has 5 aromatic rings. The number of hydrogen-bond donors (Lipinski definition) is 1. The first-order chi connectivity index (χ1) is 23.7. The Morgan fingerprint density at radius 3 is 2.39 bits per heavy atom. The number of nitrogens with one attached hydrogen (secondary N) is 1. The highest BCUT2D eigenvalue weighted by molar-refractivity contribution is 7.99. The first-order valence-corrected chi connectivity index (χ1v) is 19.4. The first kappa shape index (κ1) is 33.6. The van der Waals surface area contributed by atoms with E-state index < -0.39 is 16.1 Å². The maximum absolute atomic E-state index is 12.6. The summed E-state index contributed by atoms with van der Waals surface area (Å²) in [6.45, 7) is -0.285. The Hall–Kier alpha value is -3.90. The Morgan fingerprint density at radius 2 is 1.67 bits per heavy atom. The van der Waals surface area contributed by atoms with Crippen LogP contribution in [-0.2, 0) is 21.4 Å². The summed E-state index contributed by atoms with van der Waals surface area (Å²) in [6.07, 6.45) is 10.4. The fourth-order valence-corrected chi connectivity index (χ4v) is 8.97. The summed E-state index contributed by atoms with van der Waals surface area (Å²) in [5.74, 6) is 2.06. The van der Waals surface area contributed by atoms with E-state index in [2.05, 4.69) is 16.3 Å². The average molecular weight is 734 g/mol. The van der Waals surface area contributed by atoms with Crippen LogP contribution in [0.15, 0.2) is 90.1 Å². The van der Waals surface area contributed by atoms with Gasteiger partial charge in [-0.2, -0.15) is 8.42 Å². The summed E-state index contributed by atoms with van der Waals surface area (Å²) in [5.41, 5.74) is 5.18. The van der Waals surface area contributed by atoms with Gasteiger partial charge in [-0.25, -0.2) is 14.0 Å². The molecule has 3 aromatic carbocycles. The minimum atomic E-state index is -3.96. The van der Waals surface area contributed by atoms with Crippen LogP contribution < -0.4 is 9.03 Å². The number of amides is 1. The highest BCUT2D eigenvalue weighted by Crippen LogP contribution is 2.33. The van der Waals surface area contributed by atoms with Gasteiger partial charge in [-0.1, -0.05) is 85.6 Å². The number of aromatic nitrogens is 4. The Kier molecular flexibility index (Phi) is 9.96. The largest absolute Gasteiger partial charge is 0.326 e. The molecule has 3 heterocycles. The van der Waals surface area contributed by atoms with Gasteiger partial charge in [0.1, 0.15) is 17.4 Å². The molecule has 2 aromatic heterocycles. The lowest BCUT2D eigenvalue weighted by atomic mass is 9.88. The lowest BCUT2D eigenvalue weighted by Crippen LogP contribution is -2.29. The monoisotopic (exact) mass is 732 g/mol.